The highest BCUT2D eigenvalue weighted by atomic mass is 19.3. The summed E-state index contributed by atoms with van der Waals surface area (Å²) in [6.07, 6.45) is 1.02. The SMILES string of the molecule is C[C@@H](NC(=O)c1ccc(=O)n(-c2ccc(F)cc2F)c1)c1cccc(C(F)(F)CO)c1F. The number of rotatable bonds is 6. The molecule has 0 aliphatic rings. The number of aromatic nitrogens is 1. The largest absolute Gasteiger partial charge is 0.390 e. The lowest BCUT2D eigenvalue weighted by atomic mass is 10.00. The Morgan fingerprint density at radius 3 is 2.50 bits per heavy atom. The van der Waals surface area contributed by atoms with Crippen molar-refractivity contribution in [1.82, 2.24) is 9.88 Å². The third-order valence-electron chi connectivity index (χ3n) is 4.78. The Balaban J connectivity index is 1.90. The second-order valence-corrected chi connectivity index (χ2v) is 6.99. The highest BCUT2D eigenvalue weighted by Gasteiger charge is 2.35. The van der Waals surface area contributed by atoms with E-state index in [-0.39, 0.29) is 16.8 Å². The minimum absolute atomic E-state index is 0.113. The molecule has 2 aromatic carbocycles. The molecule has 1 amide bonds. The van der Waals surface area contributed by atoms with Crippen LogP contribution in [0.25, 0.3) is 5.69 Å². The summed E-state index contributed by atoms with van der Waals surface area (Å²) in [4.78, 5) is 24.7. The van der Waals surface area contributed by atoms with E-state index in [1.54, 1.807) is 0 Å². The van der Waals surface area contributed by atoms with Crippen LogP contribution in [0, 0.1) is 17.5 Å². The summed E-state index contributed by atoms with van der Waals surface area (Å²) in [5.41, 5.74) is -2.35. The number of nitrogens with one attached hydrogen (secondary N) is 1. The average molecular weight is 452 g/mol. The fourth-order valence-corrected chi connectivity index (χ4v) is 3.10. The van der Waals surface area contributed by atoms with E-state index in [9.17, 15) is 31.5 Å². The maximum atomic E-state index is 14.6. The zero-order chi connectivity index (χ0) is 23.6. The monoisotopic (exact) mass is 452 g/mol. The highest BCUT2D eigenvalue weighted by Crippen LogP contribution is 2.32. The van der Waals surface area contributed by atoms with Gasteiger partial charge in [-0.3, -0.25) is 14.2 Å². The molecule has 168 valence electrons. The fourth-order valence-electron chi connectivity index (χ4n) is 3.10. The fraction of sp³-hybridized carbons (Fsp3) is 0.182. The molecule has 0 radical (unpaired) electrons. The number of aliphatic hydroxyl groups is 1. The van der Waals surface area contributed by atoms with E-state index < -0.39 is 53.1 Å². The van der Waals surface area contributed by atoms with Gasteiger partial charge in [0.25, 0.3) is 17.4 Å². The Morgan fingerprint density at radius 2 is 1.84 bits per heavy atom. The van der Waals surface area contributed by atoms with Crippen molar-refractivity contribution < 1.29 is 31.9 Å². The van der Waals surface area contributed by atoms with Crippen molar-refractivity contribution in [3.8, 4) is 5.69 Å². The number of hydrogen-bond donors (Lipinski definition) is 2. The molecule has 0 aliphatic carbocycles. The van der Waals surface area contributed by atoms with E-state index in [1.807, 2.05) is 0 Å². The number of halogens is 5. The first-order chi connectivity index (χ1) is 15.0. The van der Waals surface area contributed by atoms with Gasteiger partial charge in [-0.2, -0.15) is 8.78 Å². The Kier molecular flexibility index (Phi) is 6.45. The molecule has 1 aromatic heterocycles. The number of aliphatic hydroxyl groups excluding tert-OH is 1. The van der Waals surface area contributed by atoms with Gasteiger partial charge < -0.3 is 10.4 Å². The van der Waals surface area contributed by atoms with Gasteiger partial charge in [0.15, 0.2) is 0 Å². The van der Waals surface area contributed by atoms with Crippen LogP contribution in [-0.4, -0.2) is 22.2 Å². The van der Waals surface area contributed by atoms with Crippen molar-refractivity contribution in [2.45, 2.75) is 18.9 Å². The maximum absolute atomic E-state index is 14.6. The minimum Gasteiger partial charge on any atom is -0.390 e. The van der Waals surface area contributed by atoms with Crippen molar-refractivity contribution in [3.05, 3.63) is 99.2 Å². The van der Waals surface area contributed by atoms with E-state index in [0.29, 0.717) is 6.07 Å². The van der Waals surface area contributed by atoms with Crippen LogP contribution in [0.5, 0.6) is 0 Å². The molecule has 0 bridgehead atoms. The van der Waals surface area contributed by atoms with Gasteiger partial charge in [-0.15, -0.1) is 0 Å². The van der Waals surface area contributed by atoms with Crippen molar-refractivity contribution in [3.63, 3.8) is 0 Å². The molecule has 5 nitrogen and oxygen atoms in total. The van der Waals surface area contributed by atoms with E-state index in [1.165, 1.54) is 13.0 Å². The van der Waals surface area contributed by atoms with Crippen LogP contribution in [0.2, 0.25) is 0 Å². The summed E-state index contributed by atoms with van der Waals surface area (Å²) in [5, 5.41) is 11.2. The van der Waals surface area contributed by atoms with E-state index >= 15 is 0 Å². The molecule has 0 fully saturated rings. The minimum atomic E-state index is -3.81. The zero-order valence-electron chi connectivity index (χ0n) is 16.6. The first-order valence-corrected chi connectivity index (χ1v) is 9.31. The molecule has 2 N–H and O–H groups in total. The molecular formula is C22H17F5N2O3. The summed E-state index contributed by atoms with van der Waals surface area (Å²) in [6, 6.07) is 6.81. The number of amides is 1. The lowest BCUT2D eigenvalue weighted by Gasteiger charge is -2.20. The van der Waals surface area contributed by atoms with Crippen molar-refractivity contribution in [1.29, 1.82) is 0 Å². The Morgan fingerprint density at radius 1 is 1.12 bits per heavy atom. The second kappa shape index (κ2) is 8.91. The Bertz CT molecular complexity index is 1230. The number of nitrogens with zero attached hydrogens (tertiary/aromatic N) is 1. The van der Waals surface area contributed by atoms with Gasteiger partial charge in [-0.25, -0.2) is 13.2 Å². The first kappa shape index (κ1) is 23.1. The summed E-state index contributed by atoms with van der Waals surface area (Å²) in [5.74, 6) is -7.76. The average Bonchev–Trinajstić information content (AvgIpc) is 2.74. The molecule has 0 saturated carbocycles. The smallest absolute Gasteiger partial charge is 0.298 e. The van der Waals surface area contributed by atoms with Gasteiger partial charge >= 0.3 is 0 Å². The maximum Gasteiger partial charge on any atom is 0.298 e. The number of hydrogen-bond acceptors (Lipinski definition) is 3. The number of carbonyl (C=O) groups excluding carboxylic acids is 1. The summed E-state index contributed by atoms with van der Waals surface area (Å²) in [6.45, 7) is -0.234. The third kappa shape index (κ3) is 4.54. The van der Waals surface area contributed by atoms with Crippen molar-refractivity contribution in [2.24, 2.45) is 0 Å². The molecular weight excluding hydrogens is 435 g/mol. The number of benzene rings is 2. The van der Waals surface area contributed by atoms with Crippen LogP contribution >= 0.6 is 0 Å². The molecule has 10 heteroatoms. The predicted octanol–water partition coefficient (Wildman–Crippen LogP) is 3.83. The van der Waals surface area contributed by atoms with Gasteiger partial charge in [0.2, 0.25) is 0 Å². The molecule has 3 aromatic rings. The third-order valence-corrected chi connectivity index (χ3v) is 4.78. The van der Waals surface area contributed by atoms with Gasteiger partial charge in [-0.05, 0) is 31.2 Å². The molecule has 0 unspecified atom stereocenters. The van der Waals surface area contributed by atoms with Crippen LogP contribution in [0.4, 0.5) is 22.0 Å². The number of alkyl halides is 2. The van der Waals surface area contributed by atoms with Gasteiger partial charge in [-0.1, -0.05) is 12.1 Å². The van der Waals surface area contributed by atoms with Crippen LogP contribution < -0.4 is 10.9 Å². The van der Waals surface area contributed by atoms with Crippen molar-refractivity contribution >= 4 is 5.91 Å². The first-order valence-electron chi connectivity index (χ1n) is 9.31. The van der Waals surface area contributed by atoms with Crippen LogP contribution in [0.1, 0.15) is 34.5 Å². The summed E-state index contributed by atoms with van der Waals surface area (Å²) < 4.78 is 70.1. The summed E-state index contributed by atoms with van der Waals surface area (Å²) >= 11 is 0. The molecule has 0 spiro atoms. The van der Waals surface area contributed by atoms with Crippen LogP contribution in [-0.2, 0) is 5.92 Å². The molecule has 1 atom stereocenters. The quantitative estimate of drug-likeness (QED) is 0.559. The van der Waals surface area contributed by atoms with Crippen molar-refractivity contribution in [2.75, 3.05) is 6.61 Å². The predicted molar refractivity (Wildman–Crippen MR) is 105 cm³/mol. The van der Waals surface area contributed by atoms with Gasteiger partial charge in [0, 0.05) is 23.9 Å². The highest BCUT2D eigenvalue weighted by molar-refractivity contribution is 5.94. The van der Waals surface area contributed by atoms with E-state index in [0.717, 1.165) is 47.2 Å². The van der Waals surface area contributed by atoms with E-state index in [2.05, 4.69) is 5.32 Å². The van der Waals surface area contributed by atoms with Gasteiger partial charge in [0.05, 0.1) is 22.9 Å². The lowest BCUT2D eigenvalue weighted by Crippen LogP contribution is -2.30. The molecule has 32 heavy (non-hydrogen) atoms. The Hall–Kier alpha value is -3.53. The Labute approximate surface area is 178 Å². The standard InChI is InChI=1S/C22H17F5N2O3/c1-12(15-3-2-4-16(20(15)25)22(26,27)11-30)28-21(32)13-5-8-19(31)29(10-13)18-7-6-14(23)9-17(18)24/h2-10,12,30H,11H2,1H3,(H,28,32)/t12-/m1/s1. The number of pyridine rings is 1. The normalized spacial score (nSPS) is 12.5. The number of carbonyl (C=O) groups is 1. The molecule has 0 saturated heterocycles. The molecule has 3 rings (SSSR count). The molecule has 0 aliphatic heterocycles. The van der Waals surface area contributed by atoms with Crippen LogP contribution in [0.3, 0.4) is 0 Å². The summed E-state index contributed by atoms with van der Waals surface area (Å²) in [7, 11) is 0. The topological polar surface area (TPSA) is 71.3 Å². The van der Waals surface area contributed by atoms with Crippen LogP contribution in [0.15, 0.2) is 59.5 Å². The zero-order valence-corrected chi connectivity index (χ0v) is 16.6. The molecule has 1 heterocycles. The van der Waals surface area contributed by atoms with Gasteiger partial charge in [0.1, 0.15) is 24.1 Å². The second-order valence-electron chi connectivity index (χ2n) is 6.99. The lowest BCUT2D eigenvalue weighted by molar-refractivity contribution is -0.0584. The van der Waals surface area contributed by atoms with E-state index in [4.69, 9.17) is 5.11 Å².